The molecule has 0 fully saturated rings. The summed E-state index contributed by atoms with van der Waals surface area (Å²) in [6.45, 7) is 0.417. The summed E-state index contributed by atoms with van der Waals surface area (Å²) in [4.78, 5) is 25.5. The number of carboxylic acid groups (broad SMARTS) is 1. The first-order valence-corrected chi connectivity index (χ1v) is 7.16. The molecule has 0 radical (unpaired) electrons. The SMILES string of the molecule is CN(Cc1cccs1)C(=O)COc1cccc(C(=O)O)c1. The number of carboxylic acids is 1. The fourth-order valence-corrected chi connectivity index (χ4v) is 2.46. The zero-order valence-corrected chi connectivity index (χ0v) is 12.3. The summed E-state index contributed by atoms with van der Waals surface area (Å²) >= 11 is 1.59. The molecule has 0 aliphatic rings. The van der Waals surface area contributed by atoms with E-state index in [1.807, 2.05) is 17.5 Å². The Labute approximate surface area is 126 Å². The molecule has 5 nitrogen and oxygen atoms in total. The molecule has 2 rings (SSSR count). The number of benzene rings is 1. The molecule has 21 heavy (non-hydrogen) atoms. The molecule has 0 saturated heterocycles. The molecule has 0 aliphatic heterocycles. The van der Waals surface area contributed by atoms with Crippen LogP contribution in [0.2, 0.25) is 0 Å². The van der Waals surface area contributed by atoms with E-state index in [9.17, 15) is 9.59 Å². The van der Waals surface area contributed by atoms with Crippen LogP contribution in [-0.2, 0) is 11.3 Å². The van der Waals surface area contributed by atoms with Gasteiger partial charge in [0.15, 0.2) is 6.61 Å². The lowest BCUT2D eigenvalue weighted by Gasteiger charge is -2.16. The summed E-state index contributed by atoms with van der Waals surface area (Å²) < 4.78 is 5.35. The predicted octanol–water partition coefficient (Wildman–Crippen LogP) is 2.48. The Hall–Kier alpha value is -2.34. The van der Waals surface area contributed by atoms with E-state index in [0.717, 1.165) is 4.88 Å². The molecule has 1 amide bonds. The number of likely N-dealkylation sites (N-methyl/N-ethyl adjacent to an activating group) is 1. The average molecular weight is 305 g/mol. The number of hydrogen-bond acceptors (Lipinski definition) is 4. The standard InChI is InChI=1S/C15H15NO4S/c1-16(9-13-6-3-7-21-13)14(17)10-20-12-5-2-4-11(8-12)15(18)19/h2-8H,9-10H2,1H3,(H,18,19). The summed E-state index contributed by atoms with van der Waals surface area (Å²) in [6.07, 6.45) is 0. The Balaban J connectivity index is 1.88. The molecule has 0 aliphatic carbocycles. The molecule has 1 aromatic heterocycles. The minimum absolute atomic E-state index is 0.120. The zero-order valence-electron chi connectivity index (χ0n) is 11.5. The molecule has 110 valence electrons. The van der Waals surface area contributed by atoms with Gasteiger partial charge in [-0.1, -0.05) is 12.1 Å². The maximum Gasteiger partial charge on any atom is 0.335 e. The molecular formula is C15H15NO4S. The van der Waals surface area contributed by atoms with E-state index < -0.39 is 5.97 Å². The van der Waals surface area contributed by atoms with Gasteiger partial charge in [0.25, 0.3) is 5.91 Å². The number of thiophene rings is 1. The third-order valence-electron chi connectivity index (χ3n) is 2.84. The minimum atomic E-state index is -1.03. The molecule has 0 atom stereocenters. The number of hydrogen-bond donors (Lipinski definition) is 1. The summed E-state index contributed by atoms with van der Waals surface area (Å²) in [5.41, 5.74) is 0.131. The second kappa shape index (κ2) is 6.90. The highest BCUT2D eigenvalue weighted by Gasteiger charge is 2.11. The van der Waals surface area contributed by atoms with E-state index in [0.29, 0.717) is 12.3 Å². The van der Waals surface area contributed by atoms with Crippen LogP contribution in [0.4, 0.5) is 0 Å². The van der Waals surface area contributed by atoms with Crippen molar-refractivity contribution in [1.82, 2.24) is 4.90 Å². The maximum atomic E-state index is 12.0. The number of carbonyl (C=O) groups excluding carboxylic acids is 1. The Morgan fingerprint density at radius 3 is 2.76 bits per heavy atom. The van der Waals surface area contributed by atoms with Gasteiger partial charge in [-0.15, -0.1) is 11.3 Å². The number of rotatable bonds is 6. The molecule has 0 spiro atoms. The minimum Gasteiger partial charge on any atom is -0.484 e. The fourth-order valence-electron chi connectivity index (χ4n) is 1.70. The number of carbonyl (C=O) groups is 2. The van der Waals surface area contributed by atoms with Crippen LogP contribution < -0.4 is 4.74 Å². The van der Waals surface area contributed by atoms with E-state index in [1.54, 1.807) is 35.4 Å². The molecule has 2 aromatic rings. The summed E-state index contributed by atoms with van der Waals surface area (Å²) in [5, 5.41) is 10.8. The lowest BCUT2D eigenvalue weighted by molar-refractivity contribution is -0.132. The highest BCUT2D eigenvalue weighted by Crippen LogP contribution is 2.14. The fraction of sp³-hybridized carbons (Fsp3) is 0.200. The van der Waals surface area contributed by atoms with Crippen molar-refractivity contribution in [3.63, 3.8) is 0 Å². The predicted molar refractivity (Wildman–Crippen MR) is 79.7 cm³/mol. The van der Waals surface area contributed by atoms with Gasteiger partial charge in [0, 0.05) is 11.9 Å². The quantitative estimate of drug-likeness (QED) is 0.890. The molecular weight excluding hydrogens is 290 g/mol. The molecule has 0 saturated carbocycles. The third kappa shape index (κ3) is 4.32. The van der Waals surface area contributed by atoms with Gasteiger partial charge in [-0.2, -0.15) is 0 Å². The van der Waals surface area contributed by atoms with Crippen molar-refractivity contribution >= 4 is 23.2 Å². The number of aromatic carboxylic acids is 1. The number of ether oxygens (including phenoxy) is 1. The highest BCUT2D eigenvalue weighted by molar-refractivity contribution is 7.09. The van der Waals surface area contributed by atoms with Crippen molar-refractivity contribution in [2.24, 2.45) is 0 Å². The van der Waals surface area contributed by atoms with Crippen molar-refractivity contribution in [3.8, 4) is 5.75 Å². The number of nitrogens with zero attached hydrogens (tertiary/aromatic N) is 1. The summed E-state index contributed by atoms with van der Waals surface area (Å²) in [5.74, 6) is -0.821. The molecule has 1 aromatic carbocycles. The van der Waals surface area contributed by atoms with Crippen LogP contribution in [0.15, 0.2) is 41.8 Å². The Morgan fingerprint density at radius 2 is 2.10 bits per heavy atom. The van der Waals surface area contributed by atoms with Crippen LogP contribution in [0.1, 0.15) is 15.2 Å². The van der Waals surface area contributed by atoms with Crippen LogP contribution in [0.25, 0.3) is 0 Å². The zero-order chi connectivity index (χ0) is 15.2. The third-order valence-corrected chi connectivity index (χ3v) is 3.70. The van der Waals surface area contributed by atoms with Crippen LogP contribution in [0, 0.1) is 0 Å². The molecule has 0 unspecified atom stereocenters. The Morgan fingerprint density at radius 1 is 1.29 bits per heavy atom. The van der Waals surface area contributed by atoms with Crippen molar-refractivity contribution in [2.45, 2.75) is 6.54 Å². The van der Waals surface area contributed by atoms with Gasteiger partial charge in [-0.3, -0.25) is 4.79 Å². The second-order valence-corrected chi connectivity index (χ2v) is 5.48. The van der Waals surface area contributed by atoms with Gasteiger partial charge in [0.1, 0.15) is 5.75 Å². The van der Waals surface area contributed by atoms with Gasteiger partial charge in [0.05, 0.1) is 12.1 Å². The lowest BCUT2D eigenvalue weighted by atomic mass is 10.2. The first-order chi connectivity index (χ1) is 10.1. The largest absolute Gasteiger partial charge is 0.484 e. The molecule has 6 heteroatoms. The van der Waals surface area contributed by atoms with E-state index in [4.69, 9.17) is 9.84 Å². The Kier molecular flexibility index (Phi) is 4.94. The van der Waals surface area contributed by atoms with Crippen molar-refractivity contribution < 1.29 is 19.4 Å². The van der Waals surface area contributed by atoms with Gasteiger partial charge in [-0.25, -0.2) is 4.79 Å². The maximum absolute atomic E-state index is 12.0. The van der Waals surface area contributed by atoms with Crippen LogP contribution in [0.5, 0.6) is 5.75 Å². The van der Waals surface area contributed by atoms with Gasteiger partial charge >= 0.3 is 5.97 Å². The van der Waals surface area contributed by atoms with E-state index in [1.165, 1.54) is 12.1 Å². The van der Waals surface area contributed by atoms with E-state index in [-0.39, 0.29) is 18.1 Å². The van der Waals surface area contributed by atoms with Crippen LogP contribution in [0.3, 0.4) is 0 Å². The molecule has 1 heterocycles. The highest BCUT2D eigenvalue weighted by atomic mass is 32.1. The number of amides is 1. The monoisotopic (exact) mass is 305 g/mol. The summed E-state index contributed by atoms with van der Waals surface area (Å²) in [7, 11) is 1.71. The van der Waals surface area contributed by atoms with Crippen molar-refractivity contribution in [2.75, 3.05) is 13.7 Å². The second-order valence-electron chi connectivity index (χ2n) is 4.45. The molecule has 1 N–H and O–H groups in total. The smallest absolute Gasteiger partial charge is 0.335 e. The Bertz CT molecular complexity index is 624. The van der Waals surface area contributed by atoms with Crippen LogP contribution in [-0.4, -0.2) is 35.5 Å². The normalized spacial score (nSPS) is 10.1. The first-order valence-electron chi connectivity index (χ1n) is 6.29. The van der Waals surface area contributed by atoms with E-state index >= 15 is 0 Å². The van der Waals surface area contributed by atoms with Crippen molar-refractivity contribution in [1.29, 1.82) is 0 Å². The first kappa shape index (κ1) is 15.1. The lowest BCUT2D eigenvalue weighted by Crippen LogP contribution is -2.30. The van der Waals surface area contributed by atoms with Crippen LogP contribution >= 0.6 is 11.3 Å². The average Bonchev–Trinajstić information content (AvgIpc) is 2.97. The van der Waals surface area contributed by atoms with Gasteiger partial charge in [-0.05, 0) is 29.6 Å². The van der Waals surface area contributed by atoms with Gasteiger partial charge < -0.3 is 14.7 Å². The topological polar surface area (TPSA) is 66.8 Å². The summed E-state index contributed by atoms with van der Waals surface area (Å²) in [6, 6.07) is 9.98. The molecule has 0 bridgehead atoms. The van der Waals surface area contributed by atoms with Gasteiger partial charge in [0.2, 0.25) is 0 Å². The van der Waals surface area contributed by atoms with Crippen molar-refractivity contribution in [3.05, 3.63) is 52.2 Å². The van der Waals surface area contributed by atoms with E-state index in [2.05, 4.69) is 0 Å².